The number of esters is 2. The van der Waals surface area contributed by atoms with Gasteiger partial charge in [-0.3, -0.25) is 19.3 Å². The van der Waals surface area contributed by atoms with Crippen molar-refractivity contribution in [3.8, 4) is 0 Å². The SMILES string of the molecule is CCOC(=O)c1c(NC(=O)COC(=O)C(CC(C)C)N2C(=O)c3c(I)c(I)c(I)c(I)c3C2=O)sc2c1CCCC2. The third-order valence-corrected chi connectivity index (χ3v) is 15.3. The number of amides is 3. The van der Waals surface area contributed by atoms with Gasteiger partial charge in [0.1, 0.15) is 11.0 Å². The molecule has 0 radical (unpaired) electrons. The Balaban J connectivity index is 1.53. The third-order valence-electron chi connectivity index (χ3n) is 6.66. The molecule has 41 heavy (non-hydrogen) atoms. The number of fused-ring (bicyclic) bond motifs is 2. The van der Waals surface area contributed by atoms with Gasteiger partial charge in [-0.05, 0) is 141 Å². The van der Waals surface area contributed by atoms with Gasteiger partial charge in [0.05, 0.1) is 23.3 Å². The molecular formula is C27H26I4N2O7S. The monoisotopic (exact) mass is 1030 g/mol. The van der Waals surface area contributed by atoms with Crippen molar-refractivity contribution in [1.29, 1.82) is 0 Å². The Kier molecular flexibility index (Phi) is 11.4. The molecule has 2 aromatic rings. The molecule has 0 bridgehead atoms. The molecule has 0 saturated carbocycles. The summed E-state index contributed by atoms with van der Waals surface area (Å²) in [7, 11) is 0. The van der Waals surface area contributed by atoms with Gasteiger partial charge in [0.2, 0.25) is 0 Å². The van der Waals surface area contributed by atoms with Crippen LogP contribution in [-0.4, -0.2) is 53.8 Å². The molecule has 1 atom stereocenters. The van der Waals surface area contributed by atoms with Gasteiger partial charge in [-0.2, -0.15) is 0 Å². The lowest BCUT2D eigenvalue weighted by Crippen LogP contribution is -2.47. The van der Waals surface area contributed by atoms with Gasteiger partial charge in [-0.25, -0.2) is 9.59 Å². The number of rotatable bonds is 9. The summed E-state index contributed by atoms with van der Waals surface area (Å²) in [6, 6.07) is -1.19. The fraction of sp³-hybridized carbons (Fsp3) is 0.444. The zero-order chi connectivity index (χ0) is 30.2. The fourth-order valence-electron chi connectivity index (χ4n) is 4.87. The number of nitrogens with one attached hydrogen (secondary N) is 1. The third kappa shape index (κ3) is 6.74. The van der Waals surface area contributed by atoms with Crippen molar-refractivity contribution >= 4 is 136 Å². The molecule has 1 unspecified atom stereocenters. The number of hydrogen-bond acceptors (Lipinski definition) is 8. The van der Waals surface area contributed by atoms with E-state index in [4.69, 9.17) is 9.47 Å². The van der Waals surface area contributed by atoms with E-state index in [9.17, 15) is 24.0 Å². The smallest absolute Gasteiger partial charge is 0.341 e. The number of halogens is 4. The topological polar surface area (TPSA) is 119 Å². The number of anilines is 1. The number of hydrogen-bond donors (Lipinski definition) is 1. The van der Waals surface area contributed by atoms with Crippen LogP contribution in [-0.2, 0) is 31.9 Å². The zero-order valence-corrected chi connectivity index (χ0v) is 31.8. The Labute approximate surface area is 296 Å². The Hall–Kier alpha value is -0.610. The van der Waals surface area contributed by atoms with Crippen LogP contribution in [0.4, 0.5) is 5.00 Å². The molecule has 4 rings (SSSR count). The zero-order valence-electron chi connectivity index (χ0n) is 22.3. The summed E-state index contributed by atoms with van der Waals surface area (Å²) >= 11 is 9.75. The van der Waals surface area contributed by atoms with E-state index in [1.54, 1.807) is 6.92 Å². The normalized spacial score (nSPS) is 15.1. The van der Waals surface area contributed by atoms with Crippen LogP contribution in [0, 0.1) is 20.2 Å². The molecule has 1 aliphatic carbocycles. The predicted molar refractivity (Wildman–Crippen MR) is 188 cm³/mol. The molecule has 2 heterocycles. The van der Waals surface area contributed by atoms with Crippen molar-refractivity contribution in [1.82, 2.24) is 4.90 Å². The van der Waals surface area contributed by atoms with Crippen molar-refractivity contribution in [2.75, 3.05) is 18.5 Å². The molecule has 1 N–H and O–H groups in total. The summed E-state index contributed by atoms with van der Waals surface area (Å²) in [4.78, 5) is 68.1. The molecule has 0 spiro atoms. The summed E-state index contributed by atoms with van der Waals surface area (Å²) in [6.07, 6.45) is 3.69. The Bertz CT molecular complexity index is 1410. The molecule has 2 aliphatic rings. The quantitative estimate of drug-likeness (QED) is 0.101. The first-order valence-corrected chi connectivity index (χ1v) is 18.0. The van der Waals surface area contributed by atoms with Gasteiger partial charge in [0, 0.05) is 19.2 Å². The van der Waals surface area contributed by atoms with Crippen molar-refractivity contribution in [2.24, 2.45) is 5.92 Å². The van der Waals surface area contributed by atoms with Crippen molar-refractivity contribution < 1.29 is 33.4 Å². The maximum atomic E-state index is 13.6. The largest absolute Gasteiger partial charge is 0.462 e. The number of carbonyl (C=O) groups is 5. The number of thiophene rings is 1. The first kappa shape index (κ1) is 33.3. The maximum absolute atomic E-state index is 13.6. The summed E-state index contributed by atoms with van der Waals surface area (Å²) < 4.78 is 13.7. The molecule has 0 fully saturated rings. The Morgan fingerprint density at radius 1 is 0.927 bits per heavy atom. The summed E-state index contributed by atoms with van der Waals surface area (Å²) in [5, 5.41) is 3.10. The highest BCUT2D eigenvalue weighted by molar-refractivity contribution is 14.1. The molecule has 3 amide bonds. The van der Waals surface area contributed by atoms with E-state index < -0.39 is 42.3 Å². The second-order valence-corrected chi connectivity index (χ2v) is 15.3. The molecule has 0 saturated heterocycles. The van der Waals surface area contributed by atoms with Crippen molar-refractivity contribution in [3.63, 3.8) is 0 Å². The predicted octanol–water partition coefficient (Wildman–Crippen LogP) is 6.41. The average Bonchev–Trinajstić information content (AvgIpc) is 3.41. The second-order valence-electron chi connectivity index (χ2n) is 9.92. The van der Waals surface area contributed by atoms with Gasteiger partial charge in [-0.1, -0.05) is 13.8 Å². The molecule has 9 nitrogen and oxygen atoms in total. The highest BCUT2D eigenvalue weighted by atomic mass is 127. The highest BCUT2D eigenvalue weighted by Crippen LogP contribution is 2.40. The van der Waals surface area contributed by atoms with Crippen LogP contribution in [0.3, 0.4) is 0 Å². The van der Waals surface area contributed by atoms with Gasteiger partial charge in [0.15, 0.2) is 6.61 Å². The van der Waals surface area contributed by atoms with Crippen LogP contribution >= 0.6 is 102 Å². The highest BCUT2D eigenvalue weighted by Gasteiger charge is 2.47. The van der Waals surface area contributed by atoms with Crippen LogP contribution in [0.2, 0.25) is 0 Å². The van der Waals surface area contributed by atoms with E-state index in [2.05, 4.69) is 95.7 Å². The van der Waals surface area contributed by atoms with E-state index in [1.165, 1.54) is 11.3 Å². The summed E-state index contributed by atoms with van der Waals surface area (Å²) in [6.45, 7) is 5.05. The maximum Gasteiger partial charge on any atom is 0.341 e. The van der Waals surface area contributed by atoms with Crippen LogP contribution in [0.5, 0.6) is 0 Å². The van der Waals surface area contributed by atoms with Crippen LogP contribution < -0.4 is 5.32 Å². The Morgan fingerprint density at radius 2 is 1.51 bits per heavy atom. The number of ether oxygens (including phenoxy) is 2. The summed E-state index contributed by atoms with van der Waals surface area (Å²) in [5.74, 6) is -3.09. The Morgan fingerprint density at radius 3 is 2.07 bits per heavy atom. The first-order chi connectivity index (χ1) is 19.4. The van der Waals surface area contributed by atoms with E-state index >= 15 is 0 Å². The van der Waals surface area contributed by atoms with Crippen LogP contribution in [0.1, 0.15) is 81.5 Å². The lowest BCUT2D eigenvalue weighted by molar-refractivity contribution is -0.151. The summed E-state index contributed by atoms with van der Waals surface area (Å²) in [5.41, 5.74) is 1.85. The molecule has 1 aromatic carbocycles. The number of carbonyl (C=O) groups excluding carboxylic acids is 5. The van der Waals surface area contributed by atoms with Crippen molar-refractivity contribution in [3.05, 3.63) is 41.4 Å². The average molecular weight is 1030 g/mol. The van der Waals surface area contributed by atoms with Gasteiger partial charge in [0.25, 0.3) is 17.7 Å². The number of aryl methyl sites for hydroxylation is 1. The van der Waals surface area contributed by atoms with E-state index in [0.717, 1.165) is 48.2 Å². The van der Waals surface area contributed by atoms with Gasteiger partial charge in [-0.15, -0.1) is 11.3 Å². The first-order valence-electron chi connectivity index (χ1n) is 12.9. The lowest BCUT2D eigenvalue weighted by Gasteiger charge is -2.26. The lowest BCUT2D eigenvalue weighted by atomic mass is 9.95. The number of nitrogens with zero attached hydrogens (tertiary/aromatic N) is 1. The molecule has 220 valence electrons. The minimum atomic E-state index is -1.19. The fourth-order valence-corrected chi connectivity index (χ4v) is 9.82. The van der Waals surface area contributed by atoms with Crippen LogP contribution in [0.25, 0.3) is 0 Å². The van der Waals surface area contributed by atoms with E-state index in [-0.39, 0.29) is 30.1 Å². The van der Waals surface area contributed by atoms with Gasteiger partial charge < -0.3 is 14.8 Å². The molecular weight excluding hydrogens is 1000 g/mol. The molecule has 14 heteroatoms. The van der Waals surface area contributed by atoms with Gasteiger partial charge >= 0.3 is 11.9 Å². The minimum Gasteiger partial charge on any atom is -0.462 e. The number of benzene rings is 1. The van der Waals surface area contributed by atoms with E-state index in [1.807, 2.05) is 13.8 Å². The second kappa shape index (κ2) is 14.0. The van der Waals surface area contributed by atoms with E-state index in [0.29, 0.717) is 17.7 Å². The molecule has 1 aliphatic heterocycles. The molecule has 1 aromatic heterocycles. The van der Waals surface area contributed by atoms with Crippen LogP contribution in [0.15, 0.2) is 0 Å². The minimum absolute atomic E-state index is 0.0475. The number of imide groups is 1. The standard InChI is InChI=1S/C27H26I4N2O7S/c1-4-39-27(38)16-12-7-5-6-8-14(12)41-23(16)32-15(34)10-40-26(37)13(9-11(2)3)33-24(35)17-18(25(33)36)20(29)22(31)21(30)19(17)28/h11,13H,4-10H2,1-3H3,(H,32,34). The van der Waals surface area contributed by atoms with Crippen molar-refractivity contribution in [2.45, 2.75) is 58.9 Å².